The van der Waals surface area contributed by atoms with E-state index in [1.165, 1.54) is 12.1 Å². The third kappa shape index (κ3) is 3.29. The maximum Gasteiger partial charge on any atom is 0.317 e. The van der Waals surface area contributed by atoms with E-state index in [-0.39, 0.29) is 12.3 Å². The summed E-state index contributed by atoms with van der Waals surface area (Å²) in [5.74, 6) is -0.986. The zero-order valence-electron chi connectivity index (χ0n) is 7.84. The number of rotatable bonds is 4. The summed E-state index contributed by atoms with van der Waals surface area (Å²) in [4.78, 5) is 10.3. The Morgan fingerprint density at radius 2 is 2.33 bits per heavy atom. The number of aromatic hydroxyl groups is 1. The van der Waals surface area contributed by atoms with Crippen molar-refractivity contribution in [2.75, 3.05) is 6.54 Å². The van der Waals surface area contributed by atoms with Crippen LogP contribution in [-0.4, -0.2) is 22.7 Å². The van der Waals surface area contributed by atoms with Crippen LogP contribution in [0.5, 0.6) is 5.75 Å². The summed E-state index contributed by atoms with van der Waals surface area (Å²) >= 11 is 0. The van der Waals surface area contributed by atoms with Crippen LogP contribution in [0.2, 0.25) is 0 Å². The molecule has 1 aromatic carbocycles. The van der Waals surface area contributed by atoms with E-state index >= 15 is 0 Å². The molecule has 0 bridgehead atoms. The van der Waals surface area contributed by atoms with E-state index in [1.54, 1.807) is 12.1 Å². The minimum atomic E-state index is -1.03. The number of carboxylic acid groups (broad SMARTS) is 1. The van der Waals surface area contributed by atoms with Crippen LogP contribution in [-0.2, 0) is 4.79 Å². The van der Waals surface area contributed by atoms with Crippen molar-refractivity contribution in [3.63, 3.8) is 0 Å². The zero-order valence-corrected chi connectivity index (χ0v) is 7.84. The van der Waals surface area contributed by atoms with Gasteiger partial charge < -0.3 is 10.2 Å². The van der Waals surface area contributed by atoms with Crippen LogP contribution in [0.15, 0.2) is 24.3 Å². The lowest BCUT2D eigenvalue weighted by atomic mass is 10.1. The fourth-order valence-electron chi connectivity index (χ4n) is 1.13. The van der Waals surface area contributed by atoms with Gasteiger partial charge in [-0.2, -0.15) is 5.26 Å². The molecule has 0 aromatic heterocycles. The van der Waals surface area contributed by atoms with Crippen molar-refractivity contribution in [1.29, 1.82) is 5.26 Å². The third-order valence-electron chi connectivity index (χ3n) is 1.79. The minimum absolute atomic E-state index is 0.0462. The Bertz CT molecular complexity index is 398. The van der Waals surface area contributed by atoms with Gasteiger partial charge in [0.25, 0.3) is 0 Å². The molecule has 0 spiro atoms. The fraction of sp³-hybridized carbons (Fsp3) is 0.200. The number of nitrogens with one attached hydrogen (secondary N) is 1. The van der Waals surface area contributed by atoms with E-state index in [4.69, 9.17) is 10.4 Å². The highest BCUT2D eigenvalue weighted by atomic mass is 16.4. The molecule has 0 aliphatic rings. The lowest BCUT2D eigenvalue weighted by Gasteiger charge is -2.09. The monoisotopic (exact) mass is 206 g/mol. The van der Waals surface area contributed by atoms with Crippen LogP contribution in [0.3, 0.4) is 0 Å². The van der Waals surface area contributed by atoms with Crippen molar-refractivity contribution in [2.45, 2.75) is 6.04 Å². The van der Waals surface area contributed by atoms with Gasteiger partial charge in [0, 0.05) is 0 Å². The number of phenols is 1. The van der Waals surface area contributed by atoms with Crippen molar-refractivity contribution >= 4 is 5.97 Å². The van der Waals surface area contributed by atoms with Gasteiger partial charge in [0.1, 0.15) is 11.8 Å². The molecular formula is C10H10N2O3. The minimum Gasteiger partial charge on any atom is -0.508 e. The summed E-state index contributed by atoms with van der Waals surface area (Å²) in [6.07, 6.45) is 0. The van der Waals surface area contributed by atoms with E-state index in [1.807, 2.05) is 6.07 Å². The van der Waals surface area contributed by atoms with Gasteiger partial charge in [-0.3, -0.25) is 10.1 Å². The SMILES string of the molecule is N#CC(NCC(=O)O)c1cccc(O)c1. The topological polar surface area (TPSA) is 93.4 Å². The highest BCUT2D eigenvalue weighted by molar-refractivity contribution is 5.69. The Morgan fingerprint density at radius 1 is 1.60 bits per heavy atom. The number of aliphatic carboxylic acids is 1. The summed E-state index contributed by atoms with van der Waals surface area (Å²) in [6, 6.07) is 7.32. The highest BCUT2D eigenvalue weighted by Crippen LogP contribution is 2.17. The van der Waals surface area contributed by atoms with Crippen LogP contribution in [0.1, 0.15) is 11.6 Å². The molecule has 78 valence electrons. The van der Waals surface area contributed by atoms with Gasteiger partial charge in [0.2, 0.25) is 0 Å². The molecule has 3 N–H and O–H groups in total. The van der Waals surface area contributed by atoms with E-state index < -0.39 is 12.0 Å². The maximum atomic E-state index is 10.3. The largest absolute Gasteiger partial charge is 0.508 e. The molecule has 0 saturated heterocycles. The molecule has 5 heteroatoms. The van der Waals surface area contributed by atoms with E-state index in [2.05, 4.69) is 5.32 Å². The van der Waals surface area contributed by atoms with Crippen molar-refractivity contribution < 1.29 is 15.0 Å². The number of nitriles is 1. The second-order valence-electron chi connectivity index (χ2n) is 2.93. The lowest BCUT2D eigenvalue weighted by molar-refractivity contribution is -0.136. The number of carboxylic acids is 1. The molecular weight excluding hydrogens is 196 g/mol. The van der Waals surface area contributed by atoms with Gasteiger partial charge in [0.05, 0.1) is 12.6 Å². The fourth-order valence-corrected chi connectivity index (χ4v) is 1.13. The standard InChI is InChI=1S/C10H10N2O3/c11-5-9(12-6-10(14)15)7-2-1-3-8(13)4-7/h1-4,9,12-13H,6H2,(H,14,15). The molecule has 1 rings (SSSR count). The van der Waals surface area contributed by atoms with E-state index in [0.717, 1.165) is 0 Å². The molecule has 0 amide bonds. The molecule has 15 heavy (non-hydrogen) atoms. The van der Waals surface area contributed by atoms with E-state index in [0.29, 0.717) is 5.56 Å². The van der Waals surface area contributed by atoms with Crippen molar-refractivity contribution in [3.05, 3.63) is 29.8 Å². The summed E-state index contributed by atoms with van der Waals surface area (Å²) in [5, 5.41) is 29.0. The first-order chi connectivity index (χ1) is 7.13. The van der Waals surface area contributed by atoms with Gasteiger partial charge in [-0.15, -0.1) is 0 Å². The van der Waals surface area contributed by atoms with Crippen LogP contribution in [0, 0.1) is 11.3 Å². The summed E-state index contributed by atoms with van der Waals surface area (Å²) in [5.41, 5.74) is 0.541. The number of nitrogens with zero attached hydrogens (tertiary/aromatic N) is 1. The summed E-state index contributed by atoms with van der Waals surface area (Å²) in [7, 11) is 0. The van der Waals surface area contributed by atoms with Crippen LogP contribution in [0.25, 0.3) is 0 Å². The van der Waals surface area contributed by atoms with Crippen molar-refractivity contribution in [1.82, 2.24) is 5.32 Å². The van der Waals surface area contributed by atoms with Crippen molar-refractivity contribution in [2.24, 2.45) is 0 Å². The molecule has 0 heterocycles. The molecule has 5 nitrogen and oxygen atoms in total. The Hall–Kier alpha value is -2.06. The number of hydrogen-bond donors (Lipinski definition) is 3. The average Bonchev–Trinajstić information content (AvgIpc) is 2.18. The predicted octanol–water partition coefficient (Wildman–Crippen LogP) is 0.631. The number of phenolic OH excluding ortho intramolecular Hbond substituents is 1. The van der Waals surface area contributed by atoms with Gasteiger partial charge in [-0.1, -0.05) is 12.1 Å². The molecule has 0 fully saturated rings. The molecule has 0 aliphatic carbocycles. The Labute approximate surface area is 86.6 Å². The molecule has 0 radical (unpaired) electrons. The third-order valence-corrected chi connectivity index (χ3v) is 1.79. The smallest absolute Gasteiger partial charge is 0.317 e. The second-order valence-corrected chi connectivity index (χ2v) is 2.93. The van der Waals surface area contributed by atoms with Crippen molar-refractivity contribution in [3.8, 4) is 11.8 Å². The van der Waals surface area contributed by atoms with Crippen LogP contribution < -0.4 is 5.32 Å². The highest BCUT2D eigenvalue weighted by Gasteiger charge is 2.11. The molecule has 0 aliphatic heterocycles. The number of benzene rings is 1. The average molecular weight is 206 g/mol. The quantitative estimate of drug-likeness (QED) is 0.671. The lowest BCUT2D eigenvalue weighted by Crippen LogP contribution is -2.26. The van der Waals surface area contributed by atoms with E-state index in [9.17, 15) is 9.90 Å². The zero-order chi connectivity index (χ0) is 11.3. The molecule has 1 aromatic rings. The van der Waals surface area contributed by atoms with Gasteiger partial charge in [-0.05, 0) is 17.7 Å². The molecule has 0 saturated carbocycles. The molecule has 1 atom stereocenters. The first kappa shape index (κ1) is 11.0. The van der Waals surface area contributed by atoms with Crippen LogP contribution in [0.4, 0.5) is 0 Å². The Kier molecular flexibility index (Phi) is 3.66. The normalized spacial score (nSPS) is 11.7. The second kappa shape index (κ2) is 4.98. The predicted molar refractivity (Wildman–Crippen MR) is 52.1 cm³/mol. The number of hydrogen-bond acceptors (Lipinski definition) is 4. The number of carbonyl (C=O) groups is 1. The van der Waals surface area contributed by atoms with Gasteiger partial charge in [-0.25, -0.2) is 0 Å². The first-order valence-electron chi connectivity index (χ1n) is 4.27. The Morgan fingerprint density at radius 3 is 2.87 bits per heavy atom. The van der Waals surface area contributed by atoms with Crippen LogP contribution >= 0.6 is 0 Å². The summed E-state index contributed by atoms with van der Waals surface area (Å²) < 4.78 is 0. The Balaban J connectivity index is 2.75. The first-order valence-corrected chi connectivity index (χ1v) is 4.27. The molecule has 1 unspecified atom stereocenters. The summed E-state index contributed by atoms with van der Waals surface area (Å²) in [6.45, 7) is -0.298. The maximum absolute atomic E-state index is 10.3. The van der Waals surface area contributed by atoms with Gasteiger partial charge in [0.15, 0.2) is 0 Å². The van der Waals surface area contributed by atoms with Gasteiger partial charge >= 0.3 is 5.97 Å².